The highest BCUT2D eigenvalue weighted by Crippen LogP contribution is 2.22. The molecule has 0 aliphatic heterocycles. The van der Waals surface area contributed by atoms with Crippen LogP contribution < -0.4 is 16.4 Å². The summed E-state index contributed by atoms with van der Waals surface area (Å²) >= 11 is 1.46. The molecule has 2 rings (SSSR count). The van der Waals surface area contributed by atoms with Gasteiger partial charge in [-0.3, -0.25) is 4.79 Å². The number of hydrogen-bond acceptors (Lipinski definition) is 4. The average Bonchev–Trinajstić information content (AvgIpc) is 2.91. The number of rotatable bonds is 5. The maximum atomic E-state index is 12.1. The Morgan fingerprint density at radius 2 is 2.24 bits per heavy atom. The van der Waals surface area contributed by atoms with Gasteiger partial charge in [-0.25, -0.2) is 9.78 Å². The van der Waals surface area contributed by atoms with Gasteiger partial charge in [0.15, 0.2) is 0 Å². The van der Waals surface area contributed by atoms with Crippen molar-refractivity contribution in [2.45, 2.75) is 19.4 Å². The minimum Gasteiger partial charge on any atom is -0.352 e. The molecule has 21 heavy (non-hydrogen) atoms. The molecule has 6 nitrogen and oxygen atoms in total. The summed E-state index contributed by atoms with van der Waals surface area (Å²) in [6, 6.07) is 6.24. The van der Waals surface area contributed by atoms with Crippen LogP contribution >= 0.6 is 11.3 Å². The van der Waals surface area contributed by atoms with Crippen LogP contribution in [0.1, 0.15) is 22.9 Å². The number of hydrogen-bond donors (Lipinski definition) is 3. The normalized spacial score (nSPS) is 11.7. The molecule has 0 saturated heterocycles. The van der Waals surface area contributed by atoms with Gasteiger partial charge in [-0.2, -0.15) is 0 Å². The van der Waals surface area contributed by atoms with Crippen LogP contribution in [0, 0.1) is 6.92 Å². The molecule has 1 atom stereocenters. The highest BCUT2D eigenvalue weighted by atomic mass is 32.1. The number of anilines is 1. The molecule has 2 aromatic heterocycles. The smallest absolute Gasteiger partial charge is 0.312 e. The Morgan fingerprint density at radius 3 is 2.86 bits per heavy atom. The van der Waals surface area contributed by atoms with Crippen molar-refractivity contribution in [1.29, 1.82) is 0 Å². The van der Waals surface area contributed by atoms with E-state index in [1.165, 1.54) is 11.3 Å². The van der Waals surface area contributed by atoms with Gasteiger partial charge in [0.1, 0.15) is 5.82 Å². The Hall–Kier alpha value is -2.41. The number of pyridine rings is 1. The molecular formula is C14H16N4O2S. The number of nitrogens with one attached hydrogen (secondary N) is 2. The first-order chi connectivity index (χ1) is 10.0. The minimum absolute atomic E-state index is 0.0963. The van der Waals surface area contributed by atoms with Crippen LogP contribution in [0.15, 0.2) is 35.8 Å². The maximum Gasteiger partial charge on any atom is 0.312 e. The predicted octanol–water partition coefficient (Wildman–Crippen LogP) is 2.19. The summed E-state index contributed by atoms with van der Waals surface area (Å²) in [5.41, 5.74) is 6.16. The van der Waals surface area contributed by atoms with Crippen LogP contribution in [0.3, 0.4) is 0 Å². The highest BCUT2D eigenvalue weighted by Gasteiger charge is 2.18. The third-order valence-electron chi connectivity index (χ3n) is 2.78. The molecule has 1 unspecified atom stereocenters. The second-order valence-electron chi connectivity index (χ2n) is 4.55. The van der Waals surface area contributed by atoms with Gasteiger partial charge >= 0.3 is 6.03 Å². The molecule has 3 amide bonds. The van der Waals surface area contributed by atoms with Crippen molar-refractivity contribution in [3.05, 3.63) is 46.3 Å². The van der Waals surface area contributed by atoms with Gasteiger partial charge < -0.3 is 16.4 Å². The predicted molar refractivity (Wildman–Crippen MR) is 82.0 cm³/mol. The van der Waals surface area contributed by atoms with Crippen molar-refractivity contribution in [2.75, 3.05) is 5.32 Å². The molecule has 0 radical (unpaired) electrons. The van der Waals surface area contributed by atoms with Crippen molar-refractivity contribution in [3.8, 4) is 0 Å². The van der Waals surface area contributed by atoms with Crippen molar-refractivity contribution in [2.24, 2.45) is 5.73 Å². The number of carbonyl (C=O) groups is 2. The lowest BCUT2D eigenvalue weighted by molar-refractivity contribution is -0.116. The molecule has 0 aliphatic rings. The molecule has 0 fully saturated rings. The van der Waals surface area contributed by atoms with Gasteiger partial charge in [-0.1, -0.05) is 6.07 Å². The lowest BCUT2D eigenvalue weighted by atomic mass is 10.1. The van der Waals surface area contributed by atoms with Gasteiger partial charge in [-0.15, -0.1) is 11.3 Å². The number of thiophene rings is 1. The summed E-state index contributed by atoms with van der Waals surface area (Å²) in [5, 5.41) is 7.17. The number of primary amides is 1. The topological polar surface area (TPSA) is 97.1 Å². The van der Waals surface area contributed by atoms with E-state index in [-0.39, 0.29) is 12.3 Å². The summed E-state index contributed by atoms with van der Waals surface area (Å²) in [7, 11) is 0. The molecule has 0 saturated carbocycles. The van der Waals surface area contributed by atoms with Crippen LogP contribution in [0.2, 0.25) is 0 Å². The fraction of sp³-hybridized carbons (Fsp3) is 0.214. The van der Waals surface area contributed by atoms with E-state index in [9.17, 15) is 9.59 Å². The van der Waals surface area contributed by atoms with Gasteiger partial charge in [0, 0.05) is 11.1 Å². The summed E-state index contributed by atoms with van der Waals surface area (Å²) in [4.78, 5) is 28.1. The largest absolute Gasteiger partial charge is 0.352 e. The van der Waals surface area contributed by atoms with E-state index in [4.69, 9.17) is 5.73 Å². The van der Waals surface area contributed by atoms with Gasteiger partial charge in [0.2, 0.25) is 5.91 Å². The van der Waals surface area contributed by atoms with Crippen molar-refractivity contribution in [3.63, 3.8) is 0 Å². The summed E-state index contributed by atoms with van der Waals surface area (Å²) in [6.45, 7) is 1.92. The monoisotopic (exact) mass is 304 g/mol. The molecule has 110 valence electrons. The van der Waals surface area contributed by atoms with E-state index in [1.807, 2.05) is 30.5 Å². The third kappa shape index (κ3) is 4.57. The van der Waals surface area contributed by atoms with E-state index >= 15 is 0 Å². The molecule has 2 aromatic rings. The SMILES string of the molecule is Cc1ccnc(NC(=O)CC(NC(N)=O)c2cccs2)c1. The lowest BCUT2D eigenvalue weighted by Gasteiger charge is -2.15. The first kappa shape index (κ1) is 15.0. The molecule has 2 heterocycles. The zero-order valence-corrected chi connectivity index (χ0v) is 12.3. The number of amides is 3. The standard InChI is InChI=1S/C14H16N4O2S/c1-9-4-5-16-12(7-9)18-13(19)8-10(17-14(15)20)11-3-2-6-21-11/h2-7,10H,8H2,1H3,(H3,15,17,20)(H,16,18,19). The number of carbonyl (C=O) groups excluding carboxylic acids is 2. The Labute approximate surface area is 126 Å². The molecule has 4 N–H and O–H groups in total. The average molecular weight is 304 g/mol. The molecular weight excluding hydrogens is 288 g/mol. The maximum absolute atomic E-state index is 12.1. The van der Waals surface area contributed by atoms with Gasteiger partial charge in [-0.05, 0) is 36.1 Å². The number of aryl methyl sites for hydroxylation is 1. The Bertz CT molecular complexity index is 628. The van der Waals surface area contributed by atoms with Crippen molar-refractivity contribution >= 4 is 29.1 Å². The van der Waals surface area contributed by atoms with E-state index < -0.39 is 12.1 Å². The molecule has 0 bridgehead atoms. The van der Waals surface area contributed by atoms with Crippen molar-refractivity contribution < 1.29 is 9.59 Å². The second kappa shape index (κ2) is 6.85. The quantitative estimate of drug-likeness (QED) is 0.789. The Morgan fingerprint density at radius 1 is 1.43 bits per heavy atom. The van der Waals surface area contributed by atoms with E-state index in [0.29, 0.717) is 5.82 Å². The van der Waals surface area contributed by atoms with Crippen LogP contribution in [0.25, 0.3) is 0 Å². The highest BCUT2D eigenvalue weighted by molar-refractivity contribution is 7.10. The molecule has 7 heteroatoms. The number of aromatic nitrogens is 1. The molecule has 0 aliphatic carbocycles. The lowest BCUT2D eigenvalue weighted by Crippen LogP contribution is -2.34. The van der Waals surface area contributed by atoms with Crippen LogP contribution in [0.5, 0.6) is 0 Å². The summed E-state index contributed by atoms with van der Waals surface area (Å²) in [5.74, 6) is 0.254. The fourth-order valence-electron chi connectivity index (χ4n) is 1.87. The van der Waals surface area contributed by atoms with Crippen LogP contribution in [-0.4, -0.2) is 16.9 Å². The third-order valence-corrected chi connectivity index (χ3v) is 3.76. The summed E-state index contributed by atoms with van der Waals surface area (Å²) in [6.07, 6.45) is 1.72. The van der Waals surface area contributed by atoms with Gasteiger partial charge in [0.25, 0.3) is 0 Å². The Kier molecular flexibility index (Phi) is 4.89. The Balaban J connectivity index is 2.02. The van der Waals surface area contributed by atoms with Gasteiger partial charge in [0.05, 0.1) is 12.5 Å². The zero-order valence-electron chi connectivity index (χ0n) is 11.5. The van der Waals surface area contributed by atoms with Crippen LogP contribution in [-0.2, 0) is 4.79 Å². The minimum atomic E-state index is -0.658. The molecule has 0 aromatic carbocycles. The van der Waals surface area contributed by atoms with Crippen molar-refractivity contribution in [1.82, 2.24) is 10.3 Å². The van der Waals surface area contributed by atoms with Crippen LogP contribution in [0.4, 0.5) is 10.6 Å². The summed E-state index contributed by atoms with van der Waals surface area (Å²) < 4.78 is 0. The number of nitrogens with zero attached hydrogens (tertiary/aromatic N) is 1. The van der Waals surface area contributed by atoms with E-state index in [0.717, 1.165) is 10.4 Å². The molecule has 0 spiro atoms. The fourth-order valence-corrected chi connectivity index (χ4v) is 2.65. The first-order valence-corrected chi connectivity index (χ1v) is 7.24. The van der Waals surface area contributed by atoms with E-state index in [2.05, 4.69) is 15.6 Å². The number of nitrogens with two attached hydrogens (primary N) is 1. The first-order valence-electron chi connectivity index (χ1n) is 6.36. The van der Waals surface area contributed by atoms with E-state index in [1.54, 1.807) is 12.3 Å². The zero-order chi connectivity index (χ0) is 15.2. The number of urea groups is 1. The second-order valence-corrected chi connectivity index (χ2v) is 5.53.